The number of rotatable bonds is 13. The first kappa shape index (κ1) is 25.9. The molecule has 1 aliphatic rings. The van der Waals surface area contributed by atoms with E-state index in [2.05, 4.69) is 13.0 Å². The molecule has 0 aromatic carbocycles. The first-order chi connectivity index (χ1) is 14.2. The third-order valence-electron chi connectivity index (χ3n) is 5.67. The molecule has 1 aliphatic heterocycles. The van der Waals surface area contributed by atoms with E-state index in [1.165, 1.54) is 6.08 Å². The van der Waals surface area contributed by atoms with Gasteiger partial charge in [0.2, 0.25) is 0 Å². The molecule has 30 heavy (non-hydrogen) atoms. The summed E-state index contributed by atoms with van der Waals surface area (Å²) < 4.78 is 17.0. The van der Waals surface area contributed by atoms with Crippen LogP contribution in [0, 0.1) is 17.8 Å². The summed E-state index contributed by atoms with van der Waals surface area (Å²) in [6.07, 6.45) is 7.61. The van der Waals surface area contributed by atoms with Crippen LogP contribution in [0.5, 0.6) is 0 Å². The molecule has 0 radical (unpaired) electrons. The Morgan fingerprint density at radius 1 is 1.30 bits per heavy atom. The summed E-state index contributed by atoms with van der Waals surface area (Å²) in [6, 6.07) is 0. The summed E-state index contributed by atoms with van der Waals surface area (Å²) in [4.78, 5) is 34.9. The number of cyclic esters (lactones) is 1. The Morgan fingerprint density at radius 3 is 2.57 bits per heavy atom. The molecule has 0 spiro atoms. The van der Waals surface area contributed by atoms with E-state index in [0.29, 0.717) is 6.42 Å². The molecule has 1 N–H and O–H groups in total. The van der Waals surface area contributed by atoms with Crippen molar-refractivity contribution in [1.29, 1.82) is 0 Å². The molecule has 7 heteroatoms. The quantitative estimate of drug-likeness (QED) is 0.353. The first-order valence-corrected chi connectivity index (χ1v) is 10.7. The summed E-state index contributed by atoms with van der Waals surface area (Å²) in [5.74, 6) is -1.99. The minimum atomic E-state index is -1.05. The second kappa shape index (κ2) is 13.2. The van der Waals surface area contributed by atoms with Crippen LogP contribution in [-0.2, 0) is 28.6 Å². The van der Waals surface area contributed by atoms with Gasteiger partial charge in [-0.25, -0.2) is 4.79 Å². The van der Waals surface area contributed by atoms with Crippen LogP contribution in [0.2, 0.25) is 0 Å². The lowest BCUT2D eigenvalue weighted by Crippen LogP contribution is -2.42. The van der Waals surface area contributed by atoms with Gasteiger partial charge in [0, 0.05) is 31.4 Å². The summed E-state index contributed by atoms with van der Waals surface area (Å²) >= 11 is 0. The average molecular weight is 425 g/mol. The van der Waals surface area contributed by atoms with E-state index in [1.54, 1.807) is 7.11 Å². The van der Waals surface area contributed by atoms with E-state index in [4.69, 9.17) is 19.3 Å². The maximum atomic E-state index is 12.3. The molecule has 170 valence electrons. The van der Waals surface area contributed by atoms with E-state index in [0.717, 1.165) is 12.8 Å². The topological polar surface area (TPSA) is 99.1 Å². The van der Waals surface area contributed by atoms with Crippen LogP contribution in [0.1, 0.15) is 59.8 Å². The predicted molar refractivity (Wildman–Crippen MR) is 113 cm³/mol. The van der Waals surface area contributed by atoms with E-state index in [-0.39, 0.29) is 36.7 Å². The molecule has 0 aromatic rings. The van der Waals surface area contributed by atoms with E-state index in [9.17, 15) is 14.4 Å². The van der Waals surface area contributed by atoms with Gasteiger partial charge in [-0.3, -0.25) is 9.59 Å². The molecule has 0 saturated heterocycles. The Bertz CT molecular complexity index is 625. The number of carbonyl (C=O) groups is 3. The highest BCUT2D eigenvalue weighted by Crippen LogP contribution is 2.31. The van der Waals surface area contributed by atoms with Gasteiger partial charge in [0.05, 0.1) is 18.9 Å². The maximum absolute atomic E-state index is 12.3. The Balaban J connectivity index is 3.02. The molecule has 0 amide bonds. The molecular formula is C23H36O7. The molecule has 0 bridgehead atoms. The summed E-state index contributed by atoms with van der Waals surface area (Å²) in [5.41, 5.74) is 0. The number of hydrogen-bond acceptors (Lipinski definition) is 6. The zero-order valence-corrected chi connectivity index (χ0v) is 18.7. The van der Waals surface area contributed by atoms with Crippen LogP contribution in [0.4, 0.5) is 0 Å². The Morgan fingerprint density at radius 2 is 2.00 bits per heavy atom. The van der Waals surface area contributed by atoms with Crippen molar-refractivity contribution < 1.29 is 33.7 Å². The second-order valence-corrected chi connectivity index (χ2v) is 7.91. The summed E-state index contributed by atoms with van der Waals surface area (Å²) in [7, 11) is 1.63. The second-order valence-electron chi connectivity index (χ2n) is 7.91. The van der Waals surface area contributed by atoms with Gasteiger partial charge in [-0.05, 0) is 25.7 Å². The van der Waals surface area contributed by atoms with Gasteiger partial charge in [-0.15, -0.1) is 0 Å². The number of hydrogen-bond donors (Lipinski definition) is 1. The van der Waals surface area contributed by atoms with Crippen LogP contribution in [0.15, 0.2) is 24.3 Å². The lowest BCUT2D eigenvalue weighted by molar-refractivity contribution is -0.163. The van der Waals surface area contributed by atoms with Gasteiger partial charge >= 0.3 is 17.9 Å². The number of carbonyl (C=O) groups excluding carboxylic acids is 2. The van der Waals surface area contributed by atoms with Crippen molar-refractivity contribution >= 4 is 17.9 Å². The van der Waals surface area contributed by atoms with Gasteiger partial charge < -0.3 is 19.3 Å². The fraction of sp³-hybridized carbons (Fsp3) is 0.696. The number of methoxy groups -OCH3 is 1. The van der Waals surface area contributed by atoms with Crippen LogP contribution < -0.4 is 0 Å². The third kappa shape index (κ3) is 8.30. The SMILES string of the molecule is C/C=C/C[C@H](C)[C@@H](OC)[C@@H](C)[C@@H](C[C@H]1OC(=O)C=C[C@H]1CC)OC(=O)CCC(=O)O. The minimum absolute atomic E-state index is 0.0385. The van der Waals surface area contributed by atoms with Gasteiger partial charge in [0.25, 0.3) is 0 Å². The van der Waals surface area contributed by atoms with Crippen LogP contribution >= 0.6 is 0 Å². The number of ether oxygens (including phenoxy) is 3. The van der Waals surface area contributed by atoms with E-state index >= 15 is 0 Å². The van der Waals surface area contributed by atoms with Crippen molar-refractivity contribution in [2.24, 2.45) is 17.8 Å². The van der Waals surface area contributed by atoms with Crippen molar-refractivity contribution in [2.45, 2.75) is 78.1 Å². The number of esters is 2. The van der Waals surface area contributed by atoms with Crippen LogP contribution in [0.25, 0.3) is 0 Å². The molecule has 0 saturated carbocycles. The molecule has 1 rings (SSSR count). The predicted octanol–water partition coefficient (Wildman–Crippen LogP) is 3.91. The zero-order chi connectivity index (χ0) is 22.7. The molecule has 7 nitrogen and oxygen atoms in total. The maximum Gasteiger partial charge on any atom is 0.330 e. The third-order valence-corrected chi connectivity index (χ3v) is 5.67. The highest BCUT2D eigenvalue weighted by molar-refractivity contribution is 5.83. The Kier molecular flexibility index (Phi) is 11.4. The van der Waals surface area contributed by atoms with Crippen LogP contribution in [-0.4, -0.2) is 48.4 Å². The molecule has 1 heterocycles. The van der Waals surface area contributed by atoms with Crippen molar-refractivity contribution in [1.82, 2.24) is 0 Å². The molecular weight excluding hydrogens is 388 g/mol. The van der Waals surface area contributed by atoms with Crippen molar-refractivity contribution in [3.63, 3.8) is 0 Å². The molecule has 0 aromatic heterocycles. The Labute approximate surface area is 179 Å². The van der Waals surface area contributed by atoms with E-state index in [1.807, 2.05) is 32.9 Å². The average Bonchev–Trinajstić information content (AvgIpc) is 2.70. The minimum Gasteiger partial charge on any atom is -0.481 e. The zero-order valence-electron chi connectivity index (χ0n) is 18.7. The summed E-state index contributed by atoms with van der Waals surface area (Å²) in [6.45, 7) is 8.00. The number of carboxylic acid groups (broad SMARTS) is 1. The van der Waals surface area contributed by atoms with Crippen molar-refractivity contribution in [3.8, 4) is 0 Å². The molecule has 0 fully saturated rings. The molecule has 0 aliphatic carbocycles. The van der Waals surface area contributed by atoms with Gasteiger partial charge in [0.1, 0.15) is 12.2 Å². The number of carboxylic acids is 1. The smallest absolute Gasteiger partial charge is 0.330 e. The molecule has 6 atom stereocenters. The first-order valence-electron chi connectivity index (χ1n) is 10.7. The van der Waals surface area contributed by atoms with Crippen molar-refractivity contribution in [2.75, 3.05) is 7.11 Å². The summed E-state index contributed by atoms with van der Waals surface area (Å²) in [5, 5.41) is 8.84. The van der Waals surface area contributed by atoms with Gasteiger partial charge in [0.15, 0.2) is 0 Å². The van der Waals surface area contributed by atoms with Gasteiger partial charge in [-0.2, -0.15) is 0 Å². The monoisotopic (exact) mass is 424 g/mol. The largest absolute Gasteiger partial charge is 0.481 e. The van der Waals surface area contributed by atoms with Crippen molar-refractivity contribution in [3.05, 3.63) is 24.3 Å². The van der Waals surface area contributed by atoms with Crippen LogP contribution in [0.3, 0.4) is 0 Å². The highest BCUT2D eigenvalue weighted by Gasteiger charge is 2.37. The standard InChI is InChI=1S/C23H36O7/c1-6-8-9-15(3)23(28-5)16(4)18(29-22(27)13-11-20(24)25)14-19-17(7-2)10-12-21(26)30-19/h6,8,10,12,15-19,23H,7,9,11,13-14H2,1-5H3,(H,24,25)/b8-6+/t15-,16-,17+,18+,19+,23+/m0/s1. The normalized spacial score (nSPS) is 22.9. The molecule has 0 unspecified atom stereocenters. The fourth-order valence-electron chi connectivity index (χ4n) is 3.92. The lowest BCUT2D eigenvalue weighted by Gasteiger charge is -2.36. The van der Waals surface area contributed by atoms with E-state index < -0.39 is 30.1 Å². The Hall–Kier alpha value is -2.15. The fourth-order valence-corrected chi connectivity index (χ4v) is 3.92. The lowest BCUT2D eigenvalue weighted by atomic mass is 9.83. The number of allylic oxidation sites excluding steroid dienone is 2. The highest BCUT2D eigenvalue weighted by atomic mass is 16.6. The van der Waals surface area contributed by atoms with Gasteiger partial charge in [-0.1, -0.05) is 39.0 Å². The number of aliphatic carboxylic acids is 1.